The molecule has 0 aliphatic rings. The molecule has 0 radical (unpaired) electrons. The minimum atomic E-state index is -0.298. The van der Waals surface area contributed by atoms with Crippen molar-refractivity contribution < 1.29 is 9.21 Å². The summed E-state index contributed by atoms with van der Waals surface area (Å²) in [6.07, 6.45) is 0. The number of halogens is 1. The highest BCUT2D eigenvalue weighted by Gasteiger charge is 2.13. The summed E-state index contributed by atoms with van der Waals surface area (Å²) in [4.78, 5) is 12.9. The summed E-state index contributed by atoms with van der Waals surface area (Å²) in [6, 6.07) is 10.9. The van der Waals surface area contributed by atoms with Crippen LogP contribution < -0.4 is 5.32 Å². The molecule has 0 saturated carbocycles. The van der Waals surface area contributed by atoms with Crippen LogP contribution in [0.3, 0.4) is 0 Å². The monoisotopic (exact) mass is 349 g/mol. The van der Waals surface area contributed by atoms with Gasteiger partial charge in [0.1, 0.15) is 0 Å². The summed E-state index contributed by atoms with van der Waals surface area (Å²) in [5.74, 6) is 0.0946. The van der Waals surface area contributed by atoms with E-state index in [1.807, 2.05) is 23.6 Å². The molecular weight excluding hydrogens is 342 g/mol. The molecule has 1 aromatic carbocycles. The number of benzene rings is 1. The number of hydrogen-bond acceptors (Lipinski definition) is 5. The summed E-state index contributed by atoms with van der Waals surface area (Å²) in [5.41, 5.74) is 0.509. The van der Waals surface area contributed by atoms with Gasteiger partial charge in [-0.15, -0.1) is 16.4 Å². The molecule has 1 amide bonds. The lowest BCUT2D eigenvalue weighted by atomic mass is 10.2. The minimum absolute atomic E-state index is 0.0818. The fourth-order valence-electron chi connectivity index (χ4n) is 1.57. The zero-order valence-corrected chi connectivity index (χ0v) is 12.4. The molecule has 100 valence electrons. The van der Waals surface area contributed by atoms with Gasteiger partial charge >= 0.3 is 6.01 Å². The van der Waals surface area contributed by atoms with Crippen LogP contribution in [-0.4, -0.2) is 16.1 Å². The van der Waals surface area contributed by atoms with E-state index in [-0.39, 0.29) is 11.9 Å². The number of aromatic nitrogens is 2. The molecule has 0 aliphatic carbocycles. The van der Waals surface area contributed by atoms with Gasteiger partial charge in [-0.05, 0) is 29.6 Å². The topological polar surface area (TPSA) is 68.0 Å². The smallest absolute Gasteiger partial charge is 0.322 e. The molecule has 0 aliphatic heterocycles. The molecule has 2 heterocycles. The maximum atomic E-state index is 12.0. The number of carbonyl (C=O) groups is 1. The van der Waals surface area contributed by atoms with Crippen LogP contribution in [-0.2, 0) is 0 Å². The molecule has 3 rings (SSSR count). The number of nitrogens with one attached hydrogen (secondary N) is 1. The van der Waals surface area contributed by atoms with Gasteiger partial charge in [-0.1, -0.05) is 33.2 Å². The first-order valence-corrected chi connectivity index (χ1v) is 7.34. The van der Waals surface area contributed by atoms with Crippen molar-refractivity contribution in [3.05, 3.63) is 51.8 Å². The van der Waals surface area contributed by atoms with Gasteiger partial charge in [0.2, 0.25) is 0 Å². The Morgan fingerprint density at radius 2 is 2.15 bits per heavy atom. The van der Waals surface area contributed by atoms with E-state index >= 15 is 0 Å². The van der Waals surface area contributed by atoms with Crippen molar-refractivity contribution in [1.82, 2.24) is 10.2 Å². The lowest BCUT2D eigenvalue weighted by molar-refractivity contribution is 0.102. The van der Waals surface area contributed by atoms with Gasteiger partial charge in [-0.25, -0.2) is 0 Å². The molecule has 0 unspecified atom stereocenters. The normalized spacial score (nSPS) is 10.4. The van der Waals surface area contributed by atoms with Gasteiger partial charge in [0.25, 0.3) is 11.8 Å². The number of hydrogen-bond donors (Lipinski definition) is 1. The van der Waals surface area contributed by atoms with Crippen LogP contribution in [0.25, 0.3) is 10.8 Å². The number of carbonyl (C=O) groups excluding carboxylic acids is 1. The SMILES string of the molecule is O=C(Nc1nnc(-c2cccs2)o1)c1cccc(Br)c1. The molecule has 7 heteroatoms. The van der Waals surface area contributed by atoms with E-state index in [0.717, 1.165) is 9.35 Å². The molecule has 0 saturated heterocycles. The van der Waals surface area contributed by atoms with Crippen LogP contribution in [0.4, 0.5) is 6.01 Å². The molecule has 0 bridgehead atoms. The second-order valence-corrected chi connectivity index (χ2v) is 5.72. The summed E-state index contributed by atoms with van der Waals surface area (Å²) < 4.78 is 6.22. The molecule has 0 atom stereocenters. The maximum absolute atomic E-state index is 12.0. The van der Waals surface area contributed by atoms with Crippen molar-refractivity contribution in [3.8, 4) is 10.8 Å². The second-order valence-electron chi connectivity index (χ2n) is 3.85. The molecule has 0 spiro atoms. The van der Waals surface area contributed by atoms with Crippen LogP contribution in [0.5, 0.6) is 0 Å². The molecular formula is C13H8BrN3O2S. The van der Waals surface area contributed by atoms with Crippen molar-refractivity contribution in [3.63, 3.8) is 0 Å². The van der Waals surface area contributed by atoms with Gasteiger partial charge in [0.05, 0.1) is 4.88 Å². The van der Waals surface area contributed by atoms with Crippen molar-refractivity contribution in [2.75, 3.05) is 5.32 Å². The first kappa shape index (κ1) is 13.0. The number of amides is 1. The average molecular weight is 350 g/mol. The molecule has 2 aromatic heterocycles. The number of rotatable bonds is 3. The molecule has 3 aromatic rings. The first-order valence-electron chi connectivity index (χ1n) is 5.67. The molecule has 0 fully saturated rings. The Bertz CT molecular complexity index is 740. The predicted octanol–water partition coefficient (Wildman–Crippen LogP) is 3.81. The van der Waals surface area contributed by atoms with Gasteiger partial charge in [-0.3, -0.25) is 10.1 Å². The van der Waals surface area contributed by atoms with Crippen LogP contribution in [0, 0.1) is 0 Å². The Labute approximate surface area is 126 Å². The third-order valence-electron chi connectivity index (χ3n) is 2.46. The summed E-state index contributed by atoms with van der Waals surface area (Å²) in [7, 11) is 0. The molecule has 5 nitrogen and oxygen atoms in total. The van der Waals surface area contributed by atoms with Crippen molar-refractivity contribution in [2.45, 2.75) is 0 Å². The van der Waals surface area contributed by atoms with E-state index in [1.165, 1.54) is 11.3 Å². The Morgan fingerprint density at radius 1 is 1.25 bits per heavy atom. The van der Waals surface area contributed by atoms with E-state index in [9.17, 15) is 4.79 Å². The number of nitrogens with zero attached hydrogens (tertiary/aromatic N) is 2. The van der Waals surface area contributed by atoms with Crippen LogP contribution in [0.15, 0.2) is 50.7 Å². The zero-order valence-electron chi connectivity index (χ0n) is 10.0. The van der Waals surface area contributed by atoms with Gasteiger partial charge < -0.3 is 4.42 Å². The van der Waals surface area contributed by atoms with Gasteiger partial charge in [-0.2, -0.15) is 0 Å². The third-order valence-corrected chi connectivity index (χ3v) is 3.82. The largest absolute Gasteiger partial charge is 0.402 e. The number of thiophene rings is 1. The summed E-state index contributed by atoms with van der Waals surface area (Å²) >= 11 is 4.81. The lowest BCUT2D eigenvalue weighted by Crippen LogP contribution is -2.11. The standard InChI is InChI=1S/C13H8BrN3O2S/c14-9-4-1-3-8(7-9)11(18)15-13-17-16-12(19-13)10-5-2-6-20-10/h1-7H,(H,15,17,18). The molecule has 1 N–H and O–H groups in total. The highest BCUT2D eigenvalue weighted by molar-refractivity contribution is 9.10. The van der Waals surface area contributed by atoms with E-state index < -0.39 is 0 Å². The fourth-order valence-corrected chi connectivity index (χ4v) is 2.62. The van der Waals surface area contributed by atoms with E-state index in [2.05, 4.69) is 31.4 Å². The Balaban J connectivity index is 1.77. The minimum Gasteiger partial charge on any atom is -0.402 e. The van der Waals surface area contributed by atoms with Crippen molar-refractivity contribution in [1.29, 1.82) is 0 Å². The van der Waals surface area contributed by atoms with Crippen LogP contribution >= 0.6 is 27.3 Å². The van der Waals surface area contributed by atoms with E-state index in [1.54, 1.807) is 18.2 Å². The lowest BCUT2D eigenvalue weighted by Gasteiger charge is -2.00. The van der Waals surface area contributed by atoms with Crippen LogP contribution in [0.1, 0.15) is 10.4 Å². The third kappa shape index (κ3) is 2.78. The van der Waals surface area contributed by atoms with Crippen LogP contribution in [0.2, 0.25) is 0 Å². The van der Waals surface area contributed by atoms with E-state index in [0.29, 0.717) is 11.5 Å². The van der Waals surface area contributed by atoms with Crippen molar-refractivity contribution in [2.24, 2.45) is 0 Å². The Hall–Kier alpha value is -1.99. The first-order chi connectivity index (χ1) is 9.72. The van der Waals surface area contributed by atoms with E-state index in [4.69, 9.17) is 4.42 Å². The average Bonchev–Trinajstić information content (AvgIpc) is 3.08. The Morgan fingerprint density at radius 3 is 2.90 bits per heavy atom. The number of anilines is 1. The summed E-state index contributed by atoms with van der Waals surface area (Å²) in [5, 5.41) is 12.2. The summed E-state index contributed by atoms with van der Waals surface area (Å²) in [6.45, 7) is 0. The molecule has 20 heavy (non-hydrogen) atoms. The highest BCUT2D eigenvalue weighted by atomic mass is 79.9. The highest BCUT2D eigenvalue weighted by Crippen LogP contribution is 2.24. The predicted molar refractivity (Wildman–Crippen MR) is 79.7 cm³/mol. The Kier molecular flexibility index (Phi) is 3.62. The van der Waals surface area contributed by atoms with Gasteiger partial charge in [0.15, 0.2) is 0 Å². The maximum Gasteiger partial charge on any atom is 0.322 e. The second kappa shape index (κ2) is 5.56. The quantitative estimate of drug-likeness (QED) is 0.780. The van der Waals surface area contributed by atoms with Crippen molar-refractivity contribution >= 4 is 39.2 Å². The fraction of sp³-hybridized carbons (Fsp3) is 0. The van der Waals surface area contributed by atoms with Gasteiger partial charge in [0, 0.05) is 10.0 Å². The zero-order chi connectivity index (χ0) is 13.9.